The number of halogens is 2. The number of hydrogen-bond acceptors (Lipinski definition) is 6. The lowest BCUT2D eigenvalue weighted by atomic mass is 10.1. The van der Waals surface area contributed by atoms with E-state index in [4.69, 9.17) is 33.7 Å². The van der Waals surface area contributed by atoms with Crippen molar-refractivity contribution in [2.75, 3.05) is 0 Å². The first kappa shape index (κ1) is 19.5. The first-order valence-corrected chi connectivity index (χ1v) is 9.87. The van der Waals surface area contributed by atoms with Gasteiger partial charge >= 0.3 is 0 Å². The lowest BCUT2D eigenvalue weighted by molar-refractivity contribution is -0.0167. The van der Waals surface area contributed by atoms with Crippen molar-refractivity contribution in [3.63, 3.8) is 0 Å². The van der Waals surface area contributed by atoms with Crippen LogP contribution in [0.4, 0.5) is 5.82 Å². The van der Waals surface area contributed by atoms with Gasteiger partial charge in [-0.1, -0.05) is 23.2 Å². The van der Waals surface area contributed by atoms with Crippen LogP contribution >= 0.6 is 23.2 Å². The molecule has 2 aliphatic rings. The standard InChI is InChI=1S/C19H22Cl2N4O3/c1-9-10-4-5-25(19(10)24-8-23-9)13-6-15(18(27)17(13)26)28-14-3-2-12(20)16(21)11(14)7-22/h2-5,8-9,13,15,17-18,26-27H,6-7,22H2,1H3,(H,23,24)/t9?,13-,15+,17+,18-/m1/s1. The maximum absolute atomic E-state index is 10.7. The highest BCUT2D eigenvalue weighted by Gasteiger charge is 2.45. The summed E-state index contributed by atoms with van der Waals surface area (Å²) in [5.41, 5.74) is 7.41. The zero-order valence-electron chi connectivity index (χ0n) is 15.2. The van der Waals surface area contributed by atoms with Crippen molar-refractivity contribution >= 4 is 35.4 Å². The molecule has 0 spiro atoms. The molecule has 0 bridgehead atoms. The van der Waals surface area contributed by atoms with Gasteiger partial charge in [0, 0.05) is 30.3 Å². The quantitative estimate of drug-likeness (QED) is 0.603. The van der Waals surface area contributed by atoms with Crippen LogP contribution in [0.1, 0.15) is 36.6 Å². The second-order valence-electron chi connectivity index (χ2n) is 7.13. The van der Waals surface area contributed by atoms with Crippen LogP contribution in [0.15, 0.2) is 29.4 Å². The Labute approximate surface area is 172 Å². The van der Waals surface area contributed by atoms with Crippen LogP contribution in [-0.4, -0.2) is 39.4 Å². The Morgan fingerprint density at radius 3 is 2.82 bits per heavy atom. The lowest BCUT2D eigenvalue weighted by Gasteiger charge is -2.22. The molecule has 1 unspecified atom stereocenters. The van der Waals surface area contributed by atoms with E-state index in [0.29, 0.717) is 27.8 Å². The fraction of sp³-hybridized carbons (Fsp3) is 0.421. The SMILES string of the molecule is CC1NC=Nc2c1ccn2[C@@H]1C[C@H](Oc2ccc(Cl)c(Cl)c2CN)[C@@H](O)[C@H]1O. The van der Waals surface area contributed by atoms with Crippen molar-refractivity contribution < 1.29 is 14.9 Å². The zero-order valence-corrected chi connectivity index (χ0v) is 16.7. The molecule has 0 amide bonds. The van der Waals surface area contributed by atoms with Gasteiger partial charge in [-0.2, -0.15) is 0 Å². The predicted octanol–water partition coefficient (Wildman–Crippen LogP) is 2.69. The van der Waals surface area contributed by atoms with Gasteiger partial charge in [0.1, 0.15) is 29.9 Å². The Kier molecular flexibility index (Phi) is 5.28. The van der Waals surface area contributed by atoms with Crippen molar-refractivity contribution in [1.29, 1.82) is 0 Å². The summed E-state index contributed by atoms with van der Waals surface area (Å²) in [7, 11) is 0. The Bertz CT molecular complexity index is 917. The third kappa shape index (κ3) is 3.17. The summed E-state index contributed by atoms with van der Waals surface area (Å²) < 4.78 is 7.91. The van der Waals surface area contributed by atoms with E-state index in [1.807, 2.05) is 23.8 Å². The van der Waals surface area contributed by atoms with E-state index in [-0.39, 0.29) is 18.6 Å². The molecule has 2 aromatic rings. The minimum atomic E-state index is -1.06. The van der Waals surface area contributed by atoms with E-state index in [0.717, 1.165) is 11.4 Å². The number of fused-ring (bicyclic) bond motifs is 1. The average molecular weight is 425 g/mol. The van der Waals surface area contributed by atoms with Gasteiger partial charge in [-0.25, -0.2) is 4.99 Å². The summed E-state index contributed by atoms with van der Waals surface area (Å²) in [4.78, 5) is 4.41. The molecule has 0 saturated heterocycles. The highest BCUT2D eigenvalue weighted by Crippen LogP contribution is 2.41. The fourth-order valence-corrected chi connectivity index (χ4v) is 4.31. The normalized spacial score (nSPS) is 28.9. The van der Waals surface area contributed by atoms with Crippen LogP contribution in [0.3, 0.4) is 0 Å². The van der Waals surface area contributed by atoms with Crippen molar-refractivity contribution in [2.45, 2.75) is 50.3 Å². The van der Waals surface area contributed by atoms with Gasteiger partial charge in [0.15, 0.2) is 0 Å². The van der Waals surface area contributed by atoms with Gasteiger partial charge in [0.25, 0.3) is 0 Å². The summed E-state index contributed by atoms with van der Waals surface area (Å²) in [6.07, 6.45) is 1.27. The molecule has 150 valence electrons. The number of nitrogens with two attached hydrogens (primary N) is 1. The number of aliphatic hydroxyl groups is 2. The molecule has 1 aliphatic carbocycles. The van der Waals surface area contributed by atoms with E-state index in [2.05, 4.69) is 10.3 Å². The lowest BCUT2D eigenvalue weighted by Crippen LogP contribution is -2.34. The van der Waals surface area contributed by atoms with Crippen LogP contribution < -0.4 is 15.8 Å². The first-order chi connectivity index (χ1) is 13.4. The number of ether oxygens (including phenoxy) is 1. The maximum Gasteiger partial charge on any atom is 0.139 e. The molecular weight excluding hydrogens is 403 g/mol. The third-order valence-corrected chi connectivity index (χ3v) is 6.33. The highest BCUT2D eigenvalue weighted by atomic mass is 35.5. The highest BCUT2D eigenvalue weighted by molar-refractivity contribution is 6.42. The van der Waals surface area contributed by atoms with Gasteiger partial charge in [-0.15, -0.1) is 0 Å². The molecular formula is C19H22Cl2N4O3. The van der Waals surface area contributed by atoms with E-state index in [1.165, 1.54) is 0 Å². The summed E-state index contributed by atoms with van der Waals surface area (Å²) in [5.74, 6) is 1.24. The second kappa shape index (κ2) is 7.57. The van der Waals surface area contributed by atoms with E-state index >= 15 is 0 Å². The molecule has 0 radical (unpaired) electrons. The first-order valence-electron chi connectivity index (χ1n) is 9.11. The molecule has 5 N–H and O–H groups in total. The number of aliphatic imine (C=N–C) groups is 1. The van der Waals surface area contributed by atoms with Crippen molar-refractivity contribution in [2.24, 2.45) is 10.7 Å². The zero-order chi connectivity index (χ0) is 20.0. The predicted molar refractivity (Wildman–Crippen MR) is 109 cm³/mol. The van der Waals surface area contributed by atoms with Crippen LogP contribution in [0.5, 0.6) is 5.75 Å². The number of nitrogens with one attached hydrogen (secondary N) is 1. The molecule has 9 heteroatoms. The molecule has 1 saturated carbocycles. The molecule has 1 aliphatic heterocycles. The van der Waals surface area contributed by atoms with Crippen LogP contribution in [-0.2, 0) is 6.54 Å². The smallest absolute Gasteiger partial charge is 0.139 e. The Hall–Kier alpha value is -1.77. The molecule has 5 atom stereocenters. The molecule has 1 aromatic heterocycles. The van der Waals surface area contributed by atoms with E-state index in [9.17, 15) is 10.2 Å². The van der Waals surface area contributed by atoms with E-state index in [1.54, 1.807) is 18.5 Å². The van der Waals surface area contributed by atoms with E-state index < -0.39 is 18.3 Å². The summed E-state index contributed by atoms with van der Waals surface area (Å²) in [5, 5.41) is 25.2. The van der Waals surface area contributed by atoms with Gasteiger partial charge in [0.2, 0.25) is 0 Å². The molecule has 1 fully saturated rings. The van der Waals surface area contributed by atoms with Crippen molar-refractivity contribution in [3.05, 3.63) is 45.6 Å². The molecule has 4 rings (SSSR count). The number of hydrogen-bond donors (Lipinski definition) is 4. The third-order valence-electron chi connectivity index (χ3n) is 5.49. The van der Waals surface area contributed by atoms with Crippen LogP contribution in [0, 0.1) is 0 Å². The van der Waals surface area contributed by atoms with Gasteiger partial charge in [-0.3, -0.25) is 0 Å². The van der Waals surface area contributed by atoms with Gasteiger partial charge < -0.3 is 30.6 Å². The topological polar surface area (TPSA) is 105 Å². The second-order valence-corrected chi connectivity index (χ2v) is 7.92. The molecule has 28 heavy (non-hydrogen) atoms. The summed E-state index contributed by atoms with van der Waals surface area (Å²) in [6.45, 7) is 2.19. The summed E-state index contributed by atoms with van der Waals surface area (Å²) >= 11 is 12.3. The number of nitrogens with zero attached hydrogens (tertiary/aromatic N) is 2. The Morgan fingerprint density at radius 2 is 2.07 bits per heavy atom. The number of aromatic nitrogens is 1. The Morgan fingerprint density at radius 1 is 1.29 bits per heavy atom. The molecule has 2 heterocycles. The number of aliphatic hydroxyl groups excluding tert-OH is 2. The molecule has 1 aromatic carbocycles. The van der Waals surface area contributed by atoms with Gasteiger partial charge in [0.05, 0.1) is 28.5 Å². The van der Waals surface area contributed by atoms with Crippen molar-refractivity contribution in [3.8, 4) is 5.75 Å². The van der Waals surface area contributed by atoms with Crippen LogP contribution in [0.2, 0.25) is 10.0 Å². The maximum atomic E-state index is 10.7. The largest absolute Gasteiger partial charge is 0.487 e. The minimum absolute atomic E-state index is 0.132. The van der Waals surface area contributed by atoms with Gasteiger partial charge in [-0.05, 0) is 25.1 Å². The number of benzene rings is 1. The van der Waals surface area contributed by atoms with Crippen LogP contribution in [0.25, 0.3) is 0 Å². The average Bonchev–Trinajstić information content (AvgIpc) is 3.22. The van der Waals surface area contributed by atoms with Crippen molar-refractivity contribution in [1.82, 2.24) is 9.88 Å². The Balaban J connectivity index is 1.60. The summed E-state index contributed by atoms with van der Waals surface area (Å²) in [6, 6.07) is 5.04. The molecule has 7 nitrogen and oxygen atoms in total. The number of rotatable bonds is 4. The monoisotopic (exact) mass is 424 g/mol. The fourth-order valence-electron chi connectivity index (χ4n) is 3.90. The minimum Gasteiger partial charge on any atom is -0.487 e.